The van der Waals surface area contributed by atoms with Crippen molar-refractivity contribution >= 4 is 51.6 Å². The molecule has 0 aliphatic carbocycles. The molecule has 14 heteroatoms. The molecule has 1 aromatic heterocycles. The summed E-state index contributed by atoms with van der Waals surface area (Å²) in [7, 11) is 0. The largest absolute Gasteiger partial charge is 1.00 e. The van der Waals surface area contributed by atoms with Crippen molar-refractivity contribution in [3.8, 4) is 0 Å². The number of benzene rings is 6. The average molecular weight is 906 g/mol. The first-order chi connectivity index (χ1) is 31.3. The number of nitrogens with zero attached hydrogens (tertiary/aromatic N) is 3. The second-order valence-corrected chi connectivity index (χ2v) is 17.3. The molecule has 318 valence electrons. The van der Waals surface area contributed by atoms with E-state index in [4.69, 9.17) is 20.7 Å². The molecule has 3 heterocycles. The minimum Gasteiger partial charge on any atom is -0.543 e. The topological polar surface area (TPSA) is 170 Å². The number of carbonyl (C=O) groups is 3. The third-order valence-corrected chi connectivity index (χ3v) is 13.9. The Labute approximate surface area is 406 Å². The molecule has 1 fully saturated rings. The van der Waals surface area contributed by atoms with Crippen LogP contribution in [-0.2, 0) is 30.2 Å². The SMILES string of the molecule is Nc1sc(C(c2ccccc2)(c2ccccc2)c2ccccc2)nc1/C(=N/OC(c1ccccc1)(c1ccccc1)c1ccccc1)C(=O)N[C@@H]1C(=O)N2C(C(=O)[O-])=C(CO)CS[C@H]12.[Na+]. The molecule has 0 spiro atoms. The minimum absolute atomic E-state index is 0. The molecule has 4 N–H and O–H groups in total. The summed E-state index contributed by atoms with van der Waals surface area (Å²) in [5, 5.41) is 29.6. The molecule has 7 aromatic rings. The van der Waals surface area contributed by atoms with Gasteiger partial charge < -0.3 is 30.9 Å². The van der Waals surface area contributed by atoms with Crippen molar-refractivity contribution in [2.75, 3.05) is 18.1 Å². The summed E-state index contributed by atoms with van der Waals surface area (Å²) < 4.78 is 0. The summed E-state index contributed by atoms with van der Waals surface area (Å²) in [5.41, 5.74) is 8.89. The van der Waals surface area contributed by atoms with Crippen LogP contribution in [0.15, 0.2) is 198 Å². The molecule has 0 unspecified atom stereocenters. The Kier molecular flexibility index (Phi) is 13.5. The number of nitrogens with two attached hydrogens (primary N) is 1. The maximum Gasteiger partial charge on any atom is 1.00 e. The number of β-lactam (4-membered cyclic amide) rings is 1. The Morgan fingerprint density at radius 1 is 0.738 bits per heavy atom. The monoisotopic (exact) mass is 905 g/mol. The van der Waals surface area contributed by atoms with E-state index < -0.39 is 52.5 Å². The van der Waals surface area contributed by atoms with Gasteiger partial charge in [-0.2, -0.15) is 0 Å². The van der Waals surface area contributed by atoms with E-state index in [1.165, 1.54) is 23.1 Å². The van der Waals surface area contributed by atoms with Crippen LogP contribution in [0.2, 0.25) is 0 Å². The number of hydrogen-bond acceptors (Lipinski definition) is 11. The summed E-state index contributed by atoms with van der Waals surface area (Å²) in [6, 6.07) is 57.2. The molecule has 2 aliphatic rings. The van der Waals surface area contributed by atoms with Gasteiger partial charge in [0.25, 0.3) is 11.8 Å². The summed E-state index contributed by atoms with van der Waals surface area (Å²) in [5.74, 6) is -3.00. The average Bonchev–Trinajstić information content (AvgIpc) is 3.74. The van der Waals surface area contributed by atoms with E-state index in [1.54, 1.807) is 0 Å². The number of oxime groups is 1. The van der Waals surface area contributed by atoms with E-state index in [0.29, 0.717) is 21.7 Å². The molecule has 2 atom stereocenters. The van der Waals surface area contributed by atoms with Crippen molar-refractivity contribution in [2.24, 2.45) is 5.16 Å². The number of fused-ring (bicyclic) bond motifs is 1. The van der Waals surface area contributed by atoms with Crippen molar-refractivity contribution in [3.05, 3.63) is 237 Å². The fourth-order valence-electron chi connectivity index (χ4n) is 8.58. The smallest absolute Gasteiger partial charge is 0.543 e. The van der Waals surface area contributed by atoms with E-state index in [2.05, 4.69) is 5.32 Å². The number of thiazole rings is 1. The molecule has 0 bridgehead atoms. The fourth-order valence-corrected chi connectivity index (χ4v) is 11.0. The van der Waals surface area contributed by atoms with Gasteiger partial charge in [-0.15, -0.1) is 11.8 Å². The van der Waals surface area contributed by atoms with Crippen molar-refractivity contribution in [1.29, 1.82) is 0 Å². The molecular weight excluding hydrogens is 866 g/mol. The molecule has 11 nitrogen and oxygen atoms in total. The number of anilines is 1. The number of carboxylic acid groups (broad SMARTS) is 1. The number of amides is 2. The van der Waals surface area contributed by atoms with Gasteiger partial charge in [0.05, 0.1) is 23.7 Å². The number of aliphatic hydroxyl groups is 1. The second-order valence-electron chi connectivity index (χ2n) is 15.1. The molecular formula is C51H40N5NaO6S2. The van der Waals surface area contributed by atoms with Gasteiger partial charge in [0.2, 0.25) is 5.60 Å². The Morgan fingerprint density at radius 2 is 1.15 bits per heavy atom. The first-order valence-electron chi connectivity index (χ1n) is 20.4. The third kappa shape index (κ3) is 8.09. The molecule has 2 aliphatic heterocycles. The maximum atomic E-state index is 15.1. The number of thioether (sulfide) groups is 1. The third-order valence-electron chi connectivity index (χ3n) is 11.6. The van der Waals surface area contributed by atoms with Crippen LogP contribution < -0.4 is 45.7 Å². The second kappa shape index (κ2) is 19.4. The molecule has 0 radical (unpaired) electrons. The Balaban J connectivity index is 0.00000576. The number of hydrogen-bond donors (Lipinski definition) is 3. The van der Waals surface area contributed by atoms with Crippen molar-refractivity contribution in [2.45, 2.75) is 22.4 Å². The van der Waals surface area contributed by atoms with Crippen LogP contribution >= 0.6 is 23.1 Å². The van der Waals surface area contributed by atoms with Crippen LogP contribution in [0.1, 0.15) is 44.1 Å². The maximum absolute atomic E-state index is 15.1. The molecule has 65 heavy (non-hydrogen) atoms. The van der Waals surface area contributed by atoms with E-state index >= 15 is 4.79 Å². The quantitative estimate of drug-likeness (QED) is 0.0488. The van der Waals surface area contributed by atoms with Gasteiger partial charge >= 0.3 is 29.6 Å². The van der Waals surface area contributed by atoms with Gasteiger partial charge in [0.15, 0.2) is 5.71 Å². The number of nitrogens with one attached hydrogen (secondary N) is 1. The summed E-state index contributed by atoms with van der Waals surface area (Å²) in [6.07, 6.45) is 0. The van der Waals surface area contributed by atoms with Gasteiger partial charge in [-0.05, 0) is 22.3 Å². The molecule has 9 rings (SSSR count). The van der Waals surface area contributed by atoms with E-state index in [-0.39, 0.29) is 57.3 Å². The first kappa shape index (κ1) is 45.3. The molecule has 1 saturated heterocycles. The van der Waals surface area contributed by atoms with Gasteiger partial charge in [0, 0.05) is 22.4 Å². The van der Waals surface area contributed by atoms with Crippen LogP contribution in [0, 0.1) is 0 Å². The zero-order valence-electron chi connectivity index (χ0n) is 35.1. The number of nitrogen functional groups attached to an aromatic ring is 1. The predicted octanol–water partition coefficient (Wildman–Crippen LogP) is 3.22. The zero-order valence-corrected chi connectivity index (χ0v) is 38.7. The summed E-state index contributed by atoms with van der Waals surface area (Å²) in [4.78, 5) is 54.3. The van der Waals surface area contributed by atoms with E-state index in [0.717, 1.165) is 21.6 Å². The Hall–Kier alpha value is -6.32. The summed E-state index contributed by atoms with van der Waals surface area (Å²) in [6.45, 7) is -0.564. The minimum atomic E-state index is -1.59. The van der Waals surface area contributed by atoms with E-state index in [9.17, 15) is 19.8 Å². The normalized spacial score (nSPS) is 16.2. The molecule has 6 aromatic carbocycles. The van der Waals surface area contributed by atoms with Crippen LogP contribution in [0.4, 0.5) is 5.00 Å². The Bertz CT molecular complexity index is 2680. The number of aromatic nitrogens is 1. The van der Waals surface area contributed by atoms with Gasteiger partial charge in [-0.3, -0.25) is 14.5 Å². The van der Waals surface area contributed by atoms with Crippen molar-refractivity contribution in [1.82, 2.24) is 15.2 Å². The van der Waals surface area contributed by atoms with Crippen molar-refractivity contribution < 1.29 is 59.0 Å². The van der Waals surface area contributed by atoms with Crippen LogP contribution in [-0.4, -0.2) is 62.3 Å². The first-order valence-corrected chi connectivity index (χ1v) is 22.3. The van der Waals surface area contributed by atoms with Gasteiger partial charge in [0.1, 0.15) is 27.1 Å². The number of carbonyl (C=O) groups excluding carboxylic acids is 3. The Morgan fingerprint density at radius 3 is 1.55 bits per heavy atom. The number of aliphatic carboxylic acids is 1. The van der Waals surface area contributed by atoms with Gasteiger partial charge in [-0.1, -0.05) is 198 Å². The standard InChI is InChI=1S/C51H41N5O6S2.Na/c52-44-40(54-49(64-44)50(34-19-7-1-8-20-34,35-21-9-2-10-22-35)36-23-11-3-12-24-36)41(45(58)53-42-46(59)56-43(48(60)61)33(31-57)32-63-47(42)56)55-62-51(37-25-13-4-14-26-37,38-27-15-5-16-28-38)39-29-17-6-18-30-39;/h1-30,42,47,57H,31-32,52H2,(H,53,58)(H,60,61);/q;+1/p-1/b55-41-;/t42-,47-;/m1./s1. The summed E-state index contributed by atoms with van der Waals surface area (Å²) >= 11 is 2.42. The zero-order chi connectivity index (χ0) is 44.3. The predicted molar refractivity (Wildman–Crippen MR) is 246 cm³/mol. The molecule has 0 saturated carbocycles. The van der Waals surface area contributed by atoms with Gasteiger partial charge in [-0.25, -0.2) is 4.98 Å². The van der Waals surface area contributed by atoms with Crippen LogP contribution in [0.25, 0.3) is 0 Å². The van der Waals surface area contributed by atoms with Crippen LogP contribution in [0.3, 0.4) is 0 Å². The van der Waals surface area contributed by atoms with Crippen molar-refractivity contribution in [3.63, 3.8) is 0 Å². The number of rotatable bonds is 14. The number of aliphatic hydroxyl groups excluding tert-OH is 1. The number of carboxylic acids is 1. The fraction of sp³-hybridized carbons (Fsp3) is 0.118. The van der Waals surface area contributed by atoms with E-state index in [1.807, 2.05) is 182 Å². The van der Waals surface area contributed by atoms with Crippen LogP contribution in [0.5, 0.6) is 0 Å². The molecule has 2 amide bonds.